The largest absolute Gasteiger partial charge is 0.497 e. The van der Waals surface area contributed by atoms with Crippen molar-refractivity contribution < 1.29 is 14.6 Å². The van der Waals surface area contributed by atoms with Gasteiger partial charge in [0.25, 0.3) is 0 Å². The average Bonchev–Trinajstić information content (AvgIpc) is 2.43. The molecule has 0 fully saturated rings. The van der Waals surface area contributed by atoms with Crippen LogP contribution in [-0.4, -0.2) is 18.2 Å². The first-order chi connectivity index (χ1) is 9.13. The lowest BCUT2D eigenvalue weighted by Gasteiger charge is -2.14. The molecule has 0 unspecified atom stereocenters. The van der Waals surface area contributed by atoms with E-state index in [-0.39, 0.29) is 12.3 Å². The Hall–Kier alpha value is -2.03. The topological polar surface area (TPSA) is 46.5 Å². The number of hydrogen-bond acceptors (Lipinski definition) is 2. The molecule has 0 aromatic heterocycles. The highest BCUT2D eigenvalue weighted by molar-refractivity contribution is 5.84. The van der Waals surface area contributed by atoms with Crippen LogP contribution in [0.4, 0.5) is 0 Å². The fourth-order valence-electron chi connectivity index (χ4n) is 2.33. The number of aliphatic carboxylic acids is 1. The molecule has 0 aliphatic carbocycles. The van der Waals surface area contributed by atoms with E-state index >= 15 is 0 Å². The summed E-state index contributed by atoms with van der Waals surface area (Å²) >= 11 is 0. The van der Waals surface area contributed by atoms with Gasteiger partial charge >= 0.3 is 5.97 Å². The number of carboxylic acids is 1. The predicted molar refractivity (Wildman–Crippen MR) is 75.8 cm³/mol. The minimum absolute atomic E-state index is 0.0731. The molecular formula is C16H18O3. The van der Waals surface area contributed by atoms with Crippen molar-refractivity contribution in [2.24, 2.45) is 0 Å². The summed E-state index contributed by atoms with van der Waals surface area (Å²) in [6.45, 7) is 2.02. The lowest BCUT2D eigenvalue weighted by Crippen LogP contribution is -2.05. The van der Waals surface area contributed by atoms with Gasteiger partial charge in [0.15, 0.2) is 0 Å². The van der Waals surface area contributed by atoms with Crippen molar-refractivity contribution >= 4 is 16.7 Å². The molecule has 2 rings (SSSR count). The van der Waals surface area contributed by atoms with Crippen LogP contribution in [0.1, 0.15) is 31.2 Å². The first-order valence-electron chi connectivity index (χ1n) is 6.43. The summed E-state index contributed by atoms with van der Waals surface area (Å²) in [5.74, 6) is 0.156. The van der Waals surface area contributed by atoms with Crippen molar-refractivity contribution in [1.82, 2.24) is 0 Å². The van der Waals surface area contributed by atoms with Gasteiger partial charge in [-0.1, -0.05) is 31.2 Å². The van der Waals surface area contributed by atoms with Gasteiger partial charge in [-0.05, 0) is 40.8 Å². The second-order valence-corrected chi connectivity index (χ2v) is 4.68. The number of ether oxygens (including phenoxy) is 1. The van der Waals surface area contributed by atoms with Crippen molar-refractivity contribution in [3.05, 3.63) is 42.0 Å². The average molecular weight is 258 g/mol. The van der Waals surface area contributed by atoms with Crippen molar-refractivity contribution in [2.75, 3.05) is 7.11 Å². The molecule has 0 bridgehead atoms. The second kappa shape index (κ2) is 5.74. The van der Waals surface area contributed by atoms with E-state index < -0.39 is 5.97 Å². The van der Waals surface area contributed by atoms with E-state index in [0.29, 0.717) is 0 Å². The molecule has 100 valence electrons. The van der Waals surface area contributed by atoms with Crippen LogP contribution in [0, 0.1) is 0 Å². The van der Waals surface area contributed by atoms with Gasteiger partial charge in [-0.2, -0.15) is 0 Å². The Labute approximate surface area is 112 Å². The molecule has 2 aromatic rings. The van der Waals surface area contributed by atoms with Crippen molar-refractivity contribution in [1.29, 1.82) is 0 Å². The van der Waals surface area contributed by atoms with Crippen LogP contribution in [0.2, 0.25) is 0 Å². The van der Waals surface area contributed by atoms with Crippen LogP contribution in [0.25, 0.3) is 10.8 Å². The Bertz CT molecular complexity index is 590. The van der Waals surface area contributed by atoms with Crippen molar-refractivity contribution in [2.45, 2.75) is 25.7 Å². The molecule has 19 heavy (non-hydrogen) atoms. The summed E-state index contributed by atoms with van der Waals surface area (Å²) in [6.07, 6.45) is 1.01. The standard InChI is InChI=1S/C16H18O3/c1-3-11(10-16(17)18)12-4-5-14-9-15(19-2)7-6-13(14)8-12/h4-9,11H,3,10H2,1-2H3,(H,17,18)/t11-/m1/s1. The SMILES string of the molecule is CC[C@H](CC(=O)O)c1ccc2cc(OC)ccc2c1. The van der Waals surface area contributed by atoms with E-state index in [1.165, 1.54) is 0 Å². The minimum atomic E-state index is -0.748. The number of hydrogen-bond donors (Lipinski definition) is 1. The normalized spacial score (nSPS) is 12.3. The van der Waals surface area contributed by atoms with E-state index in [1.54, 1.807) is 7.11 Å². The third-order valence-electron chi connectivity index (χ3n) is 3.46. The fraction of sp³-hybridized carbons (Fsp3) is 0.312. The van der Waals surface area contributed by atoms with Crippen LogP contribution in [-0.2, 0) is 4.79 Å². The van der Waals surface area contributed by atoms with E-state index in [2.05, 4.69) is 6.07 Å². The molecule has 0 amide bonds. The first kappa shape index (κ1) is 13.4. The highest BCUT2D eigenvalue weighted by Crippen LogP contribution is 2.28. The smallest absolute Gasteiger partial charge is 0.303 e. The van der Waals surface area contributed by atoms with Crippen LogP contribution in [0.15, 0.2) is 36.4 Å². The lowest BCUT2D eigenvalue weighted by molar-refractivity contribution is -0.137. The van der Waals surface area contributed by atoms with Crippen LogP contribution >= 0.6 is 0 Å². The minimum Gasteiger partial charge on any atom is -0.497 e. The molecule has 0 radical (unpaired) electrons. The first-order valence-corrected chi connectivity index (χ1v) is 6.43. The molecule has 0 saturated heterocycles. The number of carbonyl (C=O) groups is 1. The van der Waals surface area contributed by atoms with Gasteiger partial charge in [0.1, 0.15) is 5.75 Å². The second-order valence-electron chi connectivity index (χ2n) is 4.68. The Morgan fingerprint density at radius 3 is 2.53 bits per heavy atom. The summed E-state index contributed by atoms with van der Waals surface area (Å²) in [4.78, 5) is 10.9. The van der Waals surface area contributed by atoms with Crippen LogP contribution in [0.5, 0.6) is 5.75 Å². The van der Waals surface area contributed by atoms with Gasteiger partial charge in [0.2, 0.25) is 0 Å². The molecule has 0 aliphatic rings. The number of carboxylic acid groups (broad SMARTS) is 1. The molecule has 0 aliphatic heterocycles. The fourth-order valence-corrected chi connectivity index (χ4v) is 2.33. The van der Waals surface area contributed by atoms with Gasteiger partial charge in [-0.15, -0.1) is 0 Å². The molecular weight excluding hydrogens is 240 g/mol. The predicted octanol–water partition coefficient (Wildman–Crippen LogP) is 3.82. The van der Waals surface area contributed by atoms with E-state index in [4.69, 9.17) is 9.84 Å². The molecule has 3 heteroatoms. The maximum atomic E-state index is 10.9. The van der Waals surface area contributed by atoms with Crippen molar-refractivity contribution in [3.8, 4) is 5.75 Å². The maximum Gasteiger partial charge on any atom is 0.303 e. The monoisotopic (exact) mass is 258 g/mol. The van der Waals surface area contributed by atoms with Gasteiger partial charge in [0.05, 0.1) is 13.5 Å². The van der Waals surface area contributed by atoms with Gasteiger partial charge in [-0.3, -0.25) is 4.79 Å². The molecule has 0 saturated carbocycles. The lowest BCUT2D eigenvalue weighted by atomic mass is 9.91. The third kappa shape index (κ3) is 3.05. The van der Waals surface area contributed by atoms with E-state index in [0.717, 1.165) is 28.5 Å². The number of fused-ring (bicyclic) bond motifs is 1. The number of rotatable bonds is 5. The number of benzene rings is 2. The van der Waals surface area contributed by atoms with Crippen molar-refractivity contribution in [3.63, 3.8) is 0 Å². The van der Waals surface area contributed by atoms with Gasteiger partial charge in [-0.25, -0.2) is 0 Å². The summed E-state index contributed by atoms with van der Waals surface area (Å²) in [5.41, 5.74) is 1.09. The maximum absolute atomic E-state index is 10.9. The van der Waals surface area contributed by atoms with E-state index in [1.807, 2.05) is 37.3 Å². The quantitative estimate of drug-likeness (QED) is 0.886. The zero-order chi connectivity index (χ0) is 13.8. The van der Waals surface area contributed by atoms with Gasteiger partial charge < -0.3 is 9.84 Å². The molecule has 1 N–H and O–H groups in total. The molecule has 2 aromatic carbocycles. The highest BCUT2D eigenvalue weighted by Gasteiger charge is 2.13. The zero-order valence-electron chi connectivity index (χ0n) is 11.2. The van der Waals surface area contributed by atoms with E-state index in [9.17, 15) is 4.79 Å². The third-order valence-corrected chi connectivity index (χ3v) is 3.46. The molecule has 1 atom stereocenters. The summed E-state index contributed by atoms with van der Waals surface area (Å²) in [6, 6.07) is 12.0. The zero-order valence-corrected chi connectivity index (χ0v) is 11.2. The van der Waals surface area contributed by atoms with Crippen LogP contribution < -0.4 is 4.74 Å². The Morgan fingerprint density at radius 1 is 1.21 bits per heavy atom. The summed E-state index contributed by atoms with van der Waals surface area (Å²) in [5, 5.41) is 11.2. The number of methoxy groups -OCH3 is 1. The Balaban J connectivity index is 2.37. The summed E-state index contributed by atoms with van der Waals surface area (Å²) < 4.78 is 5.20. The highest BCUT2D eigenvalue weighted by atomic mass is 16.5. The van der Waals surface area contributed by atoms with Gasteiger partial charge in [0, 0.05) is 0 Å². The molecule has 0 spiro atoms. The van der Waals surface area contributed by atoms with Crippen LogP contribution in [0.3, 0.4) is 0 Å². The Kier molecular flexibility index (Phi) is 4.05. The molecule has 0 heterocycles. The summed E-state index contributed by atoms with van der Waals surface area (Å²) in [7, 11) is 1.65. The Morgan fingerprint density at radius 2 is 1.89 bits per heavy atom. The molecule has 3 nitrogen and oxygen atoms in total.